The Kier molecular flexibility index (Phi) is 5.59. The Morgan fingerprint density at radius 2 is 1.84 bits per heavy atom. The molecule has 0 heterocycles. The van der Waals surface area contributed by atoms with Crippen molar-refractivity contribution in [2.45, 2.75) is 38.6 Å². The van der Waals surface area contributed by atoms with Gasteiger partial charge in [-0.1, -0.05) is 0 Å². The van der Waals surface area contributed by atoms with Gasteiger partial charge in [0.15, 0.2) is 0 Å². The molecule has 0 spiro atoms. The van der Waals surface area contributed by atoms with Gasteiger partial charge >= 0.3 is 12.0 Å². The summed E-state index contributed by atoms with van der Waals surface area (Å²) in [6.07, 6.45) is 2.92. The first-order valence-corrected chi connectivity index (χ1v) is 6.46. The first-order chi connectivity index (χ1) is 8.90. The molecule has 0 aromatic rings. The Bertz CT molecular complexity index is 351. The highest BCUT2D eigenvalue weighted by molar-refractivity contribution is 5.86. The smallest absolute Gasteiger partial charge is 0.312 e. The van der Waals surface area contributed by atoms with Crippen LogP contribution in [0.25, 0.3) is 0 Å². The van der Waals surface area contributed by atoms with E-state index in [1.165, 1.54) is 0 Å². The Hall–Kier alpha value is -1.79. The van der Waals surface area contributed by atoms with Crippen LogP contribution in [0.2, 0.25) is 0 Å². The predicted molar refractivity (Wildman–Crippen MR) is 68.3 cm³/mol. The van der Waals surface area contributed by atoms with E-state index in [4.69, 9.17) is 10.8 Å². The summed E-state index contributed by atoms with van der Waals surface area (Å²) in [5.74, 6) is -0.955. The van der Waals surface area contributed by atoms with Crippen LogP contribution in [0.3, 0.4) is 0 Å². The molecule has 7 heteroatoms. The van der Waals surface area contributed by atoms with Crippen LogP contribution in [-0.2, 0) is 9.59 Å². The standard InChI is InChI=1S/C12H21N3O4/c1-7(15-12(13)19)10(16)14-6-8-2-4-9(5-3-8)11(17)18/h7-9H,2-6H2,1H3,(H,14,16)(H,17,18)(H3,13,15,19). The Morgan fingerprint density at radius 1 is 1.26 bits per heavy atom. The summed E-state index contributed by atoms with van der Waals surface area (Å²) in [6, 6.07) is -1.39. The van der Waals surface area contributed by atoms with Crippen molar-refractivity contribution in [2.75, 3.05) is 6.54 Å². The molecule has 108 valence electrons. The molecular weight excluding hydrogens is 250 g/mol. The molecule has 0 aromatic carbocycles. The van der Waals surface area contributed by atoms with Crippen LogP contribution in [0.4, 0.5) is 4.79 Å². The number of carbonyl (C=O) groups excluding carboxylic acids is 2. The fraction of sp³-hybridized carbons (Fsp3) is 0.750. The van der Waals surface area contributed by atoms with Crippen molar-refractivity contribution in [1.82, 2.24) is 10.6 Å². The van der Waals surface area contributed by atoms with Crippen molar-refractivity contribution in [2.24, 2.45) is 17.6 Å². The minimum Gasteiger partial charge on any atom is -0.481 e. The zero-order chi connectivity index (χ0) is 14.4. The topological polar surface area (TPSA) is 122 Å². The Morgan fingerprint density at radius 3 is 2.32 bits per heavy atom. The van der Waals surface area contributed by atoms with Gasteiger partial charge in [0, 0.05) is 6.54 Å². The lowest BCUT2D eigenvalue weighted by atomic mass is 9.82. The van der Waals surface area contributed by atoms with Gasteiger partial charge in [-0.3, -0.25) is 9.59 Å². The molecule has 1 saturated carbocycles. The van der Waals surface area contributed by atoms with Gasteiger partial charge in [0.1, 0.15) is 6.04 Å². The molecule has 1 aliphatic carbocycles. The van der Waals surface area contributed by atoms with E-state index in [1.54, 1.807) is 6.92 Å². The lowest BCUT2D eigenvalue weighted by Gasteiger charge is -2.26. The average molecular weight is 271 g/mol. The number of nitrogens with one attached hydrogen (secondary N) is 2. The molecule has 1 unspecified atom stereocenters. The maximum Gasteiger partial charge on any atom is 0.312 e. The van der Waals surface area contributed by atoms with E-state index in [2.05, 4.69) is 10.6 Å². The van der Waals surface area contributed by atoms with E-state index < -0.39 is 18.0 Å². The van der Waals surface area contributed by atoms with Crippen molar-refractivity contribution < 1.29 is 19.5 Å². The molecule has 7 nitrogen and oxygen atoms in total. The number of carboxylic acid groups (broad SMARTS) is 1. The van der Waals surface area contributed by atoms with E-state index in [9.17, 15) is 14.4 Å². The van der Waals surface area contributed by atoms with Crippen LogP contribution >= 0.6 is 0 Å². The van der Waals surface area contributed by atoms with Crippen molar-refractivity contribution in [3.05, 3.63) is 0 Å². The van der Waals surface area contributed by atoms with Crippen molar-refractivity contribution >= 4 is 17.9 Å². The second-order valence-electron chi connectivity index (χ2n) is 5.03. The second kappa shape index (κ2) is 6.96. The summed E-state index contributed by atoms with van der Waals surface area (Å²) in [4.78, 5) is 33.0. The SMILES string of the molecule is CC(NC(N)=O)C(=O)NCC1CCC(C(=O)O)CC1. The molecule has 1 atom stereocenters. The Balaban J connectivity index is 2.25. The highest BCUT2D eigenvalue weighted by Crippen LogP contribution is 2.28. The van der Waals surface area contributed by atoms with Gasteiger partial charge in [-0.25, -0.2) is 4.79 Å². The van der Waals surface area contributed by atoms with Gasteiger partial charge in [0.25, 0.3) is 0 Å². The molecule has 1 rings (SSSR count). The number of aliphatic carboxylic acids is 1. The van der Waals surface area contributed by atoms with Crippen LogP contribution in [0.15, 0.2) is 0 Å². The van der Waals surface area contributed by atoms with Gasteiger partial charge in [0.05, 0.1) is 5.92 Å². The fourth-order valence-electron chi connectivity index (χ4n) is 2.29. The largest absolute Gasteiger partial charge is 0.481 e. The molecule has 0 aliphatic heterocycles. The van der Waals surface area contributed by atoms with Crippen molar-refractivity contribution in [3.63, 3.8) is 0 Å². The van der Waals surface area contributed by atoms with Crippen LogP contribution in [0, 0.1) is 11.8 Å². The van der Waals surface area contributed by atoms with Gasteiger partial charge in [-0.05, 0) is 38.5 Å². The molecule has 0 saturated heterocycles. The molecule has 19 heavy (non-hydrogen) atoms. The molecule has 0 aromatic heterocycles. The molecule has 0 radical (unpaired) electrons. The van der Waals surface area contributed by atoms with E-state index in [0.29, 0.717) is 25.3 Å². The second-order valence-corrected chi connectivity index (χ2v) is 5.03. The number of carboxylic acids is 1. The molecule has 1 fully saturated rings. The summed E-state index contributed by atoms with van der Waals surface area (Å²) in [5, 5.41) is 13.9. The molecular formula is C12H21N3O4. The number of nitrogens with two attached hydrogens (primary N) is 1. The molecule has 3 amide bonds. The fourth-order valence-corrected chi connectivity index (χ4v) is 2.29. The molecule has 0 bridgehead atoms. The third-order valence-corrected chi connectivity index (χ3v) is 3.51. The van der Waals surface area contributed by atoms with E-state index in [0.717, 1.165) is 12.8 Å². The van der Waals surface area contributed by atoms with E-state index in [1.807, 2.05) is 0 Å². The van der Waals surface area contributed by atoms with Gasteiger partial charge in [-0.15, -0.1) is 0 Å². The van der Waals surface area contributed by atoms with Crippen molar-refractivity contribution in [3.8, 4) is 0 Å². The van der Waals surface area contributed by atoms with Crippen LogP contribution in [0.5, 0.6) is 0 Å². The highest BCUT2D eigenvalue weighted by atomic mass is 16.4. The average Bonchev–Trinajstić information content (AvgIpc) is 2.35. The Labute approximate surface area is 111 Å². The normalized spacial score (nSPS) is 24.3. The first kappa shape index (κ1) is 15.3. The number of hydrogen-bond donors (Lipinski definition) is 4. The molecule has 5 N–H and O–H groups in total. The minimum absolute atomic E-state index is 0.248. The zero-order valence-corrected chi connectivity index (χ0v) is 11.0. The third kappa shape index (κ3) is 5.15. The number of urea groups is 1. The maximum atomic E-state index is 11.6. The first-order valence-electron chi connectivity index (χ1n) is 6.46. The number of rotatable bonds is 5. The lowest BCUT2D eigenvalue weighted by Crippen LogP contribution is -2.47. The van der Waals surface area contributed by atoms with E-state index >= 15 is 0 Å². The summed E-state index contributed by atoms with van der Waals surface area (Å²) in [7, 11) is 0. The molecule has 1 aliphatic rings. The summed E-state index contributed by atoms with van der Waals surface area (Å²) in [6.45, 7) is 2.07. The number of carbonyl (C=O) groups is 3. The van der Waals surface area contributed by atoms with Gasteiger partial charge in [-0.2, -0.15) is 0 Å². The van der Waals surface area contributed by atoms with Gasteiger partial charge < -0.3 is 21.5 Å². The van der Waals surface area contributed by atoms with E-state index in [-0.39, 0.29) is 11.8 Å². The maximum absolute atomic E-state index is 11.6. The minimum atomic E-state index is -0.734. The lowest BCUT2D eigenvalue weighted by molar-refractivity contribution is -0.143. The summed E-state index contributed by atoms with van der Waals surface area (Å²) < 4.78 is 0. The number of primary amides is 1. The predicted octanol–water partition coefficient (Wildman–Crippen LogP) is 0.0504. The quantitative estimate of drug-likeness (QED) is 0.564. The number of amides is 3. The van der Waals surface area contributed by atoms with Crippen LogP contribution in [0.1, 0.15) is 32.6 Å². The third-order valence-electron chi connectivity index (χ3n) is 3.51. The van der Waals surface area contributed by atoms with Crippen molar-refractivity contribution in [1.29, 1.82) is 0 Å². The van der Waals surface area contributed by atoms with Gasteiger partial charge in [0.2, 0.25) is 5.91 Å². The number of hydrogen-bond acceptors (Lipinski definition) is 3. The summed E-state index contributed by atoms with van der Waals surface area (Å²) in [5.41, 5.74) is 4.93. The highest BCUT2D eigenvalue weighted by Gasteiger charge is 2.26. The monoisotopic (exact) mass is 271 g/mol. The van der Waals surface area contributed by atoms with Crippen LogP contribution in [-0.4, -0.2) is 35.6 Å². The zero-order valence-electron chi connectivity index (χ0n) is 11.0. The van der Waals surface area contributed by atoms with Crippen LogP contribution < -0.4 is 16.4 Å². The summed E-state index contributed by atoms with van der Waals surface area (Å²) >= 11 is 0.